The molecular formula is C51H46P2. The highest BCUT2D eigenvalue weighted by molar-refractivity contribution is 7.79. The summed E-state index contributed by atoms with van der Waals surface area (Å²) in [5.74, 6) is 0. The first-order valence-electron chi connectivity index (χ1n) is 19.5. The largest absolute Gasteiger partial charge is 0.0807 e. The van der Waals surface area contributed by atoms with Gasteiger partial charge in [-0.1, -0.05) is 200 Å². The van der Waals surface area contributed by atoms with Gasteiger partial charge in [-0.25, -0.2) is 0 Å². The average Bonchev–Trinajstić information content (AvgIpc) is 3.88. The Kier molecular flexibility index (Phi) is 8.10. The number of rotatable bonds is 6. The molecular weight excluding hydrogens is 675 g/mol. The summed E-state index contributed by atoms with van der Waals surface area (Å²) in [6.45, 7) is 5.49. The Morgan fingerprint density at radius 1 is 0.358 bits per heavy atom. The molecule has 2 heteroatoms. The molecule has 0 radical (unpaired) electrons. The average molecular weight is 721 g/mol. The predicted molar refractivity (Wildman–Crippen MR) is 233 cm³/mol. The molecule has 2 atom stereocenters. The van der Waals surface area contributed by atoms with E-state index in [0.29, 0.717) is 0 Å². The first kappa shape index (κ1) is 33.2. The normalized spacial score (nSPS) is 19.7. The van der Waals surface area contributed by atoms with Gasteiger partial charge in [0.1, 0.15) is 0 Å². The van der Waals surface area contributed by atoms with Gasteiger partial charge in [0.25, 0.3) is 0 Å². The van der Waals surface area contributed by atoms with Crippen LogP contribution in [0.3, 0.4) is 0 Å². The minimum absolute atomic E-state index is 0.0608. The third kappa shape index (κ3) is 4.95. The molecule has 0 bridgehead atoms. The molecule has 0 N–H and O–H groups in total. The zero-order chi connectivity index (χ0) is 35.6. The quantitative estimate of drug-likeness (QED) is 0.150. The zero-order valence-corrected chi connectivity index (χ0v) is 32.6. The van der Waals surface area contributed by atoms with Crippen molar-refractivity contribution in [2.75, 3.05) is 12.3 Å². The molecule has 0 amide bonds. The second-order valence-electron chi connectivity index (χ2n) is 15.8. The SMILES string of the molecule is CC(C)(P1CCCC1(c1cccc2ccccc12)c1cccc2ccccc12)P1CCCC1(c1cccc2ccccc12)c1cccc2ccccc12. The summed E-state index contributed by atoms with van der Waals surface area (Å²) in [5, 5.41) is 11.0. The molecule has 2 aliphatic rings. The maximum atomic E-state index is 2.75. The molecule has 2 fully saturated rings. The van der Waals surface area contributed by atoms with Crippen molar-refractivity contribution in [2.24, 2.45) is 0 Å². The van der Waals surface area contributed by atoms with Gasteiger partial charge in [-0.3, -0.25) is 0 Å². The van der Waals surface area contributed by atoms with Crippen LogP contribution in [0.1, 0.15) is 61.8 Å². The van der Waals surface area contributed by atoms with E-state index < -0.39 is 15.8 Å². The Balaban J connectivity index is 1.27. The van der Waals surface area contributed by atoms with Crippen molar-refractivity contribution in [2.45, 2.75) is 54.7 Å². The van der Waals surface area contributed by atoms with E-state index in [1.807, 2.05) is 0 Å². The standard InChI is InChI=1S/C51H46P2/c1-49(2,52-35-15-33-50(52,45-29-11-21-37-17-3-7-25-41(37)45)46-30-12-22-38-18-4-8-26-42(38)46)53-36-16-34-51(53,47-31-13-23-39-19-5-9-27-43(39)47)48-32-14-24-40-20-6-10-28-44(40)48/h3-14,17-32H,15-16,33-36H2,1-2H3. The lowest BCUT2D eigenvalue weighted by Crippen LogP contribution is -2.36. The highest BCUT2D eigenvalue weighted by Gasteiger charge is 2.60. The van der Waals surface area contributed by atoms with Gasteiger partial charge in [-0.2, -0.15) is 0 Å². The molecule has 260 valence electrons. The summed E-state index contributed by atoms with van der Waals surface area (Å²) in [6, 6.07) is 65.6. The number of hydrogen-bond donors (Lipinski definition) is 0. The molecule has 2 saturated heterocycles. The number of benzene rings is 8. The van der Waals surface area contributed by atoms with E-state index in [-0.39, 0.29) is 15.2 Å². The van der Waals surface area contributed by atoms with Crippen molar-refractivity contribution in [3.63, 3.8) is 0 Å². The molecule has 2 aliphatic heterocycles. The third-order valence-electron chi connectivity index (χ3n) is 13.0. The van der Waals surface area contributed by atoms with E-state index in [4.69, 9.17) is 0 Å². The molecule has 53 heavy (non-hydrogen) atoms. The second-order valence-corrected chi connectivity index (χ2v) is 22.6. The van der Waals surface area contributed by atoms with Crippen molar-refractivity contribution in [3.05, 3.63) is 192 Å². The van der Waals surface area contributed by atoms with Gasteiger partial charge < -0.3 is 0 Å². The Morgan fingerprint density at radius 2 is 0.623 bits per heavy atom. The zero-order valence-electron chi connectivity index (χ0n) is 30.8. The smallest absolute Gasteiger partial charge is 0.0422 e. The summed E-state index contributed by atoms with van der Waals surface area (Å²) in [7, 11) is -1.09. The highest BCUT2D eigenvalue weighted by Crippen LogP contribution is 2.86. The highest BCUT2D eigenvalue weighted by atomic mass is 31.2. The lowest BCUT2D eigenvalue weighted by atomic mass is 9.82. The van der Waals surface area contributed by atoms with Crippen LogP contribution in [0.2, 0.25) is 0 Å². The van der Waals surface area contributed by atoms with Crippen LogP contribution >= 0.6 is 15.8 Å². The fourth-order valence-corrected chi connectivity index (χ4v) is 21.3. The Morgan fingerprint density at radius 3 is 0.925 bits per heavy atom. The van der Waals surface area contributed by atoms with Crippen LogP contribution in [-0.2, 0) is 10.3 Å². The monoisotopic (exact) mass is 720 g/mol. The second kappa shape index (κ2) is 12.9. The third-order valence-corrected chi connectivity index (χ3v) is 21.9. The molecule has 2 unspecified atom stereocenters. The van der Waals surface area contributed by atoms with Crippen LogP contribution < -0.4 is 0 Å². The first-order valence-corrected chi connectivity index (χ1v) is 22.6. The van der Waals surface area contributed by atoms with E-state index >= 15 is 0 Å². The van der Waals surface area contributed by atoms with Crippen molar-refractivity contribution >= 4 is 58.9 Å². The maximum absolute atomic E-state index is 2.75. The molecule has 0 saturated carbocycles. The van der Waals surface area contributed by atoms with Gasteiger partial charge in [0, 0.05) is 15.2 Å². The molecule has 0 aliphatic carbocycles. The van der Waals surface area contributed by atoms with Crippen LogP contribution in [0.15, 0.2) is 170 Å². The number of hydrogen-bond acceptors (Lipinski definition) is 0. The van der Waals surface area contributed by atoms with E-state index in [0.717, 1.165) is 0 Å². The van der Waals surface area contributed by atoms with Gasteiger partial charge in [-0.05, 0) is 103 Å². The molecule has 0 aromatic heterocycles. The van der Waals surface area contributed by atoms with Gasteiger partial charge in [0.2, 0.25) is 0 Å². The minimum atomic E-state index is -0.543. The van der Waals surface area contributed by atoms with E-state index in [2.05, 4.69) is 184 Å². The summed E-state index contributed by atoms with van der Waals surface area (Å²) in [4.78, 5) is 0.111. The van der Waals surface area contributed by atoms with E-state index in [9.17, 15) is 0 Å². The van der Waals surface area contributed by atoms with Gasteiger partial charge >= 0.3 is 0 Å². The maximum Gasteiger partial charge on any atom is 0.0422 e. The summed E-state index contributed by atoms with van der Waals surface area (Å²) >= 11 is 0. The first-order chi connectivity index (χ1) is 26.0. The molecule has 2 heterocycles. The van der Waals surface area contributed by atoms with Crippen molar-refractivity contribution < 1.29 is 0 Å². The molecule has 10 rings (SSSR count). The predicted octanol–water partition coefficient (Wildman–Crippen LogP) is 14.8. The summed E-state index contributed by atoms with van der Waals surface area (Å²) in [5.41, 5.74) is 6.22. The molecule has 0 nitrogen and oxygen atoms in total. The van der Waals surface area contributed by atoms with Crippen LogP contribution in [-0.4, -0.2) is 17.2 Å². The van der Waals surface area contributed by atoms with Crippen molar-refractivity contribution in [3.8, 4) is 0 Å². The van der Waals surface area contributed by atoms with E-state index in [1.165, 1.54) is 81.1 Å². The summed E-state index contributed by atoms with van der Waals surface area (Å²) in [6.07, 6.45) is 7.52. The fraction of sp³-hybridized carbons (Fsp3) is 0.216. The Labute approximate surface area is 316 Å². The molecule has 0 spiro atoms. The lowest BCUT2D eigenvalue weighted by molar-refractivity contribution is 0.674. The van der Waals surface area contributed by atoms with Gasteiger partial charge in [0.15, 0.2) is 0 Å². The topological polar surface area (TPSA) is 0 Å². The molecule has 8 aromatic carbocycles. The van der Waals surface area contributed by atoms with Crippen molar-refractivity contribution in [1.29, 1.82) is 0 Å². The van der Waals surface area contributed by atoms with Crippen molar-refractivity contribution in [1.82, 2.24) is 0 Å². The van der Waals surface area contributed by atoms with Gasteiger partial charge in [-0.15, -0.1) is 0 Å². The minimum Gasteiger partial charge on any atom is -0.0807 e. The van der Waals surface area contributed by atoms with E-state index in [1.54, 1.807) is 22.3 Å². The number of fused-ring (bicyclic) bond motifs is 4. The van der Waals surface area contributed by atoms with Crippen LogP contribution in [0, 0.1) is 0 Å². The van der Waals surface area contributed by atoms with Crippen LogP contribution in [0.4, 0.5) is 0 Å². The van der Waals surface area contributed by atoms with Crippen LogP contribution in [0.5, 0.6) is 0 Å². The lowest BCUT2D eigenvalue weighted by Gasteiger charge is -2.54. The van der Waals surface area contributed by atoms with Gasteiger partial charge in [0.05, 0.1) is 0 Å². The molecule has 8 aromatic rings. The summed E-state index contributed by atoms with van der Waals surface area (Å²) < 4.78 is 0. The fourth-order valence-electron chi connectivity index (χ4n) is 11.0. The van der Waals surface area contributed by atoms with Crippen LogP contribution in [0.25, 0.3) is 43.1 Å². The Hall–Kier alpha value is -4.34. The Bertz CT molecular complexity index is 2290.